The van der Waals surface area contributed by atoms with Crippen LogP contribution in [0.5, 0.6) is 0 Å². The number of nitrogens with one attached hydrogen (secondary N) is 1. The maximum atomic E-state index is 12.9. The molecule has 112 valence electrons. The van der Waals surface area contributed by atoms with Gasteiger partial charge in [0.25, 0.3) is 0 Å². The Morgan fingerprint density at radius 1 is 1.20 bits per heavy atom. The summed E-state index contributed by atoms with van der Waals surface area (Å²) >= 11 is 0. The predicted molar refractivity (Wildman–Crippen MR) is 74.1 cm³/mol. The average Bonchev–Trinajstić information content (AvgIpc) is 2.92. The van der Waals surface area contributed by atoms with E-state index in [0.29, 0.717) is 0 Å². The molecule has 3 rings (SSSR count). The van der Waals surface area contributed by atoms with Crippen LogP contribution in [-0.4, -0.2) is 48.1 Å². The highest BCUT2D eigenvalue weighted by Crippen LogP contribution is 2.35. The van der Waals surface area contributed by atoms with E-state index in [1.807, 2.05) is 4.90 Å². The molecule has 1 N–H and O–H groups in total. The summed E-state index contributed by atoms with van der Waals surface area (Å²) in [6.07, 6.45) is 7.87. The van der Waals surface area contributed by atoms with Gasteiger partial charge in [-0.2, -0.15) is 0 Å². The van der Waals surface area contributed by atoms with Crippen LogP contribution in [-0.2, 0) is 14.3 Å². The minimum atomic E-state index is -0.598. The molecule has 0 aromatic rings. The Hall–Kier alpha value is -1.10. The van der Waals surface area contributed by atoms with Crippen molar-refractivity contribution < 1.29 is 14.3 Å². The first kappa shape index (κ1) is 13.9. The van der Waals surface area contributed by atoms with E-state index in [9.17, 15) is 9.59 Å². The normalized spacial score (nSPS) is 33.5. The molecule has 1 saturated heterocycles. The maximum Gasteiger partial charge on any atom is 0.249 e. The first-order valence-corrected chi connectivity index (χ1v) is 7.79. The number of nitrogens with zero attached hydrogens (tertiary/aromatic N) is 1. The molecule has 2 unspecified atom stereocenters. The highest BCUT2D eigenvalue weighted by molar-refractivity contribution is 5.98. The summed E-state index contributed by atoms with van der Waals surface area (Å²) in [5.74, 6) is 0.158. The Bertz CT molecular complexity index is 404. The summed E-state index contributed by atoms with van der Waals surface area (Å²) in [6, 6.07) is 0.178. The molecule has 0 aromatic carbocycles. The van der Waals surface area contributed by atoms with Gasteiger partial charge in [0.15, 0.2) is 0 Å². The third-order valence-corrected chi connectivity index (χ3v) is 5.20. The molecular formula is C15H24N2O3. The lowest BCUT2D eigenvalue weighted by Gasteiger charge is -2.46. The van der Waals surface area contributed by atoms with Gasteiger partial charge >= 0.3 is 0 Å². The third kappa shape index (κ3) is 2.32. The van der Waals surface area contributed by atoms with Crippen LogP contribution in [0, 0.1) is 0 Å². The van der Waals surface area contributed by atoms with Crippen LogP contribution in [0.3, 0.4) is 0 Å². The molecule has 1 heterocycles. The first-order valence-electron chi connectivity index (χ1n) is 7.79. The van der Waals surface area contributed by atoms with Gasteiger partial charge in [0.2, 0.25) is 11.8 Å². The van der Waals surface area contributed by atoms with Gasteiger partial charge in [-0.25, -0.2) is 0 Å². The number of ether oxygens (including phenoxy) is 1. The molecule has 3 fully saturated rings. The molecule has 5 nitrogen and oxygen atoms in total. The van der Waals surface area contributed by atoms with Gasteiger partial charge in [0.1, 0.15) is 5.54 Å². The molecular weight excluding hydrogens is 256 g/mol. The highest BCUT2D eigenvalue weighted by Gasteiger charge is 2.49. The number of methoxy groups -OCH3 is 1. The number of amides is 2. The SMILES string of the molecule is COC1CCC(N2CC(=O)NC3(CCCCC3)C2=O)C1. The quantitative estimate of drug-likeness (QED) is 0.827. The van der Waals surface area contributed by atoms with Crippen LogP contribution in [0.4, 0.5) is 0 Å². The van der Waals surface area contributed by atoms with Crippen molar-refractivity contribution in [3.05, 3.63) is 0 Å². The Morgan fingerprint density at radius 2 is 1.95 bits per heavy atom. The van der Waals surface area contributed by atoms with Crippen molar-refractivity contribution in [2.24, 2.45) is 0 Å². The van der Waals surface area contributed by atoms with Crippen molar-refractivity contribution in [1.82, 2.24) is 10.2 Å². The minimum Gasteiger partial charge on any atom is -0.381 e. The fourth-order valence-corrected chi connectivity index (χ4v) is 4.06. The topological polar surface area (TPSA) is 58.6 Å². The summed E-state index contributed by atoms with van der Waals surface area (Å²) < 4.78 is 5.39. The fourth-order valence-electron chi connectivity index (χ4n) is 4.06. The van der Waals surface area contributed by atoms with Crippen LogP contribution in [0.2, 0.25) is 0 Å². The summed E-state index contributed by atoms with van der Waals surface area (Å²) in [5, 5.41) is 3.00. The molecule has 2 atom stereocenters. The van der Waals surface area contributed by atoms with Crippen LogP contribution in [0.1, 0.15) is 51.4 Å². The zero-order valence-electron chi connectivity index (χ0n) is 12.2. The zero-order valence-corrected chi connectivity index (χ0v) is 12.2. The van der Waals surface area contributed by atoms with E-state index in [1.165, 1.54) is 6.42 Å². The number of carbonyl (C=O) groups excluding carboxylic acids is 2. The second-order valence-corrected chi connectivity index (χ2v) is 6.45. The van der Waals surface area contributed by atoms with E-state index in [4.69, 9.17) is 4.74 Å². The van der Waals surface area contributed by atoms with E-state index in [2.05, 4.69) is 5.32 Å². The summed E-state index contributed by atoms with van der Waals surface area (Å²) in [7, 11) is 1.72. The molecule has 20 heavy (non-hydrogen) atoms. The van der Waals surface area contributed by atoms with Gasteiger partial charge in [0, 0.05) is 13.2 Å². The number of hydrogen-bond acceptors (Lipinski definition) is 3. The van der Waals surface area contributed by atoms with Crippen molar-refractivity contribution in [2.75, 3.05) is 13.7 Å². The third-order valence-electron chi connectivity index (χ3n) is 5.20. The second-order valence-electron chi connectivity index (χ2n) is 6.45. The number of hydrogen-bond donors (Lipinski definition) is 1. The molecule has 2 aliphatic carbocycles. The van der Waals surface area contributed by atoms with Gasteiger partial charge in [-0.15, -0.1) is 0 Å². The Kier molecular flexibility index (Phi) is 3.71. The molecule has 3 aliphatic rings. The van der Waals surface area contributed by atoms with Gasteiger partial charge in [-0.3, -0.25) is 9.59 Å². The molecule has 2 saturated carbocycles. The van der Waals surface area contributed by atoms with Gasteiger partial charge in [-0.1, -0.05) is 19.3 Å². The standard InChI is InChI=1S/C15H24N2O3/c1-20-12-6-5-11(9-12)17-10-13(18)16-15(14(17)19)7-3-2-4-8-15/h11-12H,2-10H2,1H3,(H,16,18). The first-order chi connectivity index (χ1) is 9.64. The highest BCUT2D eigenvalue weighted by atomic mass is 16.5. The van der Waals surface area contributed by atoms with Crippen molar-refractivity contribution >= 4 is 11.8 Å². The summed E-state index contributed by atoms with van der Waals surface area (Å²) in [6.45, 7) is 0.224. The van der Waals surface area contributed by atoms with E-state index in [0.717, 1.165) is 44.9 Å². The summed E-state index contributed by atoms with van der Waals surface area (Å²) in [4.78, 5) is 26.8. The Balaban J connectivity index is 1.77. The van der Waals surface area contributed by atoms with Crippen LogP contribution >= 0.6 is 0 Å². The molecule has 1 aliphatic heterocycles. The van der Waals surface area contributed by atoms with Crippen LogP contribution < -0.4 is 5.32 Å². The Morgan fingerprint density at radius 3 is 2.60 bits per heavy atom. The second kappa shape index (κ2) is 5.35. The smallest absolute Gasteiger partial charge is 0.249 e. The van der Waals surface area contributed by atoms with Gasteiger partial charge in [-0.05, 0) is 32.1 Å². The monoisotopic (exact) mass is 280 g/mol. The number of carbonyl (C=O) groups is 2. The number of rotatable bonds is 2. The Labute approximate surface area is 120 Å². The van der Waals surface area contributed by atoms with Crippen LogP contribution in [0.15, 0.2) is 0 Å². The van der Waals surface area contributed by atoms with Gasteiger partial charge < -0.3 is 15.0 Å². The van der Waals surface area contributed by atoms with Crippen molar-refractivity contribution in [1.29, 1.82) is 0 Å². The molecule has 0 bridgehead atoms. The molecule has 0 aromatic heterocycles. The van der Waals surface area contributed by atoms with Crippen molar-refractivity contribution in [3.63, 3.8) is 0 Å². The van der Waals surface area contributed by atoms with E-state index < -0.39 is 5.54 Å². The van der Waals surface area contributed by atoms with E-state index in [-0.39, 0.29) is 30.5 Å². The van der Waals surface area contributed by atoms with E-state index >= 15 is 0 Å². The molecule has 1 spiro atoms. The molecule has 5 heteroatoms. The van der Waals surface area contributed by atoms with Gasteiger partial charge in [0.05, 0.1) is 12.6 Å². The maximum absolute atomic E-state index is 12.9. The zero-order chi connectivity index (χ0) is 14.2. The van der Waals surface area contributed by atoms with E-state index in [1.54, 1.807) is 7.11 Å². The minimum absolute atomic E-state index is 0.00682. The van der Waals surface area contributed by atoms with Crippen molar-refractivity contribution in [3.8, 4) is 0 Å². The fraction of sp³-hybridized carbons (Fsp3) is 0.867. The lowest BCUT2D eigenvalue weighted by atomic mass is 9.79. The lowest BCUT2D eigenvalue weighted by Crippen LogP contribution is -2.68. The molecule has 0 radical (unpaired) electrons. The molecule has 2 amide bonds. The predicted octanol–water partition coefficient (Wildman–Crippen LogP) is 1.22. The lowest BCUT2D eigenvalue weighted by molar-refractivity contribution is -0.154. The van der Waals surface area contributed by atoms with Crippen molar-refractivity contribution in [2.45, 2.75) is 69.1 Å². The largest absolute Gasteiger partial charge is 0.381 e. The summed E-state index contributed by atoms with van der Waals surface area (Å²) in [5.41, 5.74) is -0.598. The van der Waals surface area contributed by atoms with Crippen LogP contribution in [0.25, 0.3) is 0 Å². The number of piperazine rings is 1. The average molecular weight is 280 g/mol.